The number of benzene rings is 2. The molecule has 2 aromatic rings. The van der Waals surface area contributed by atoms with Crippen molar-refractivity contribution in [3.05, 3.63) is 58.9 Å². The molecule has 1 aliphatic heterocycles. The van der Waals surface area contributed by atoms with Gasteiger partial charge in [0.25, 0.3) is 0 Å². The lowest BCUT2D eigenvalue weighted by atomic mass is 9.79. The second-order valence-electron chi connectivity index (χ2n) is 8.22. The van der Waals surface area contributed by atoms with E-state index in [-0.39, 0.29) is 18.8 Å². The third-order valence-corrected chi connectivity index (χ3v) is 6.21. The van der Waals surface area contributed by atoms with Crippen LogP contribution in [0.15, 0.2) is 36.4 Å². The molecule has 0 amide bonds. The fraction of sp³-hybridized carbons (Fsp3) is 0.478. The van der Waals surface area contributed by atoms with Gasteiger partial charge in [0.1, 0.15) is 5.82 Å². The van der Waals surface area contributed by atoms with Gasteiger partial charge in [-0.3, -0.25) is 0 Å². The van der Waals surface area contributed by atoms with Crippen LogP contribution in [-0.4, -0.2) is 12.3 Å². The average Bonchev–Trinajstić information content (AvgIpc) is 2.67. The molecular formula is C23H24F4O. The zero-order valence-electron chi connectivity index (χ0n) is 15.9. The van der Waals surface area contributed by atoms with Crippen molar-refractivity contribution >= 4 is 0 Å². The predicted octanol–water partition coefficient (Wildman–Crippen LogP) is 6.79. The minimum absolute atomic E-state index is 0.104. The summed E-state index contributed by atoms with van der Waals surface area (Å²) in [5.74, 6) is 0.881. The maximum Gasteiger partial charge on any atom is 0.414 e. The Balaban J connectivity index is 1.55. The smallest absolute Gasteiger partial charge is 0.364 e. The van der Waals surface area contributed by atoms with Crippen LogP contribution in [0.4, 0.5) is 17.6 Å². The summed E-state index contributed by atoms with van der Waals surface area (Å²) in [6.07, 6.45) is -1.78. The van der Waals surface area contributed by atoms with Gasteiger partial charge in [0.05, 0.1) is 6.61 Å². The van der Waals surface area contributed by atoms with Crippen LogP contribution in [-0.2, 0) is 17.8 Å². The van der Waals surface area contributed by atoms with Gasteiger partial charge in [-0.05, 0) is 59.1 Å². The second kappa shape index (κ2) is 7.51. The Bertz CT molecular complexity index is 850. The SMILES string of the molecule is CC1CCC(c2ccc(-c3ccc4c(c3)COC(C(F)(F)F)C4)c(F)c2)CC1. The maximum atomic E-state index is 14.8. The molecule has 1 saturated carbocycles. The third-order valence-electron chi connectivity index (χ3n) is 6.21. The highest BCUT2D eigenvalue weighted by atomic mass is 19.4. The van der Waals surface area contributed by atoms with Crippen molar-refractivity contribution in [2.24, 2.45) is 5.92 Å². The molecule has 5 heteroatoms. The van der Waals surface area contributed by atoms with E-state index in [9.17, 15) is 17.6 Å². The fourth-order valence-corrected chi connectivity index (χ4v) is 4.40. The molecule has 1 nitrogen and oxygen atoms in total. The Labute approximate surface area is 162 Å². The van der Waals surface area contributed by atoms with Crippen LogP contribution in [0.5, 0.6) is 0 Å². The van der Waals surface area contributed by atoms with Crippen LogP contribution >= 0.6 is 0 Å². The average molecular weight is 392 g/mol. The molecule has 2 aromatic carbocycles. The Hall–Kier alpha value is -1.88. The molecule has 0 spiro atoms. The van der Waals surface area contributed by atoms with E-state index in [1.54, 1.807) is 30.3 Å². The van der Waals surface area contributed by atoms with Gasteiger partial charge in [-0.25, -0.2) is 4.39 Å². The predicted molar refractivity (Wildman–Crippen MR) is 101 cm³/mol. The number of hydrogen-bond donors (Lipinski definition) is 0. The summed E-state index contributed by atoms with van der Waals surface area (Å²) in [7, 11) is 0. The van der Waals surface area contributed by atoms with Gasteiger partial charge in [-0.2, -0.15) is 13.2 Å². The van der Waals surface area contributed by atoms with Crippen molar-refractivity contribution in [1.29, 1.82) is 0 Å². The standard InChI is InChI=1S/C23H24F4O/c1-14-2-4-15(5-3-14)16-8-9-20(21(24)11-16)18-7-6-17-12-22(23(25,26)27)28-13-19(17)10-18/h6-11,14-15,22H,2-5,12-13H2,1H3. The lowest BCUT2D eigenvalue weighted by Crippen LogP contribution is -2.36. The van der Waals surface area contributed by atoms with Crippen molar-refractivity contribution in [3.63, 3.8) is 0 Å². The van der Waals surface area contributed by atoms with Crippen molar-refractivity contribution in [2.45, 2.75) is 63.8 Å². The molecule has 1 atom stereocenters. The first kappa shape index (κ1) is 19.4. The lowest BCUT2D eigenvalue weighted by molar-refractivity contribution is -0.226. The van der Waals surface area contributed by atoms with Crippen LogP contribution in [0.1, 0.15) is 55.2 Å². The highest BCUT2D eigenvalue weighted by molar-refractivity contribution is 5.66. The van der Waals surface area contributed by atoms with Gasteiger partial charge in [-0.15, -0.1) is 0 Å². The monoisotopic (exact) mass is 392 g/mol. The van der Waals surface area contributed by atoms with Crippen LogP contribution in [0.2, 0.25) is 0 Å². The Morgan fingerprint density at radius 2 is 1.68 bits per heavy atom. The molecule has 0 N–H and O–H groups in total. The van der Waals surface area contributed by atoms with Crippen LogP contribution in [0.25, 0.3) is 11.1 Å². The summed E-state index contributed by atoms with van der Waals surface area (Å²) in [5.41, 5.74) is 3.51. The first-order chi connectivity index (χ1) is 13.3. The van der Waals surface area contributed by atoms with Gasteiger partial charge in [-0.1, -0.05) is 44.0 Å². The van der Waals surface area contributed by atoms with Crippen molar-refractivity contribution in [3.8, 4) is 11.1 Å². The van der Waals surface area contributed by atoms with E-state index in [0.717, 1.165) is 24.3 Å². The van der Waals surface area contributed by atoms with E-state index in [4.69, 9.17) is 4.74 Å². The first-order valence-electron chi connectivity index (χ1n) is 9.91. The molecule has 150 valence electrons. The molecule has 0 bridgehead atoms. The van der Waals surface area contributed by atoms with Crippen molar-refractivity contribution in [1.82, 2.24) is 0 Å². The number of alkyl halides is 3. The normalized spacial score (nSPS) is 25.4. The second-order valence-corrected chi connectivity index (χ2v) is 8.22. The number of rotatable bonds is 2. The molecule has 0 aromatic heterocycles. The molecule has 1 heterocycles. The third kappa shape index (κ3) is 3.95. The maximum absolute atomic E-state index is 14.8. The molecular weight excluding hydrogens is 368 g/mol. The van der Waals surface area contributed by atoms with Gasteiger partial charge >= 0.3 is 6.18 Å². The lowest BCUT2D eigenvalue weighted by Gasteiger charge is -2.27. The van der Waals surface area contributed by atoms with Gasteiger partial charge in [0.15, 0.2) is 6.10 Å². The number of ether oxygens (including phenoxy) is 1. The highest BCUT2D eigenvalue weighted by Gasteiger charge is 2.42. The Morgan fingerprint density at radius 3 is 2.36 bits per heavy atom. The molecule has 1 aliphatic carbocycles. The summed E-state index contributed by atoms with van der Waals surface area (Å²) >= 11 is 0. The summed E-state index contributed by atoms with van der Waals surface area (Å²) in [6.45, 7) is 2.16. The van der Waals surface area contributed by atoms with Crippen molar-refractivity contribution in [2.75, 3.05) is 0 Å². The largest absolute Gasteiger partial charge is 0.414 e. The van der Waals surface area contributed by atoms with E-state index < -0.39 is 12.3 Å². The zero-order valence-corrected chi connectivity index (χ0v) is 15.9. The van der Waals surface area contributed by atoms with E-state index in [1.807, 2.05) is 6.07 Å². The van der Waals surface area contributed by atoms with E-state index in [2.05, 4.69) is 6.92 Å². The zero-order chi connectivity index (χ0) is 19.9. The molecule has 0 radical (unpaired) electrons. The molecule has 0 saturated heterocycles. The van der Waals surface area contributed by atoms with Crippen LogP contribution < -0.4 is 0 Å². The van der Waals surface area contributed by atoms with Crippen LogP contribution in [0.3, 0.4) is 0 Å². The van der Waals surface area contributed by atoms with Gasteiger partial charge < -0.3 is 4.74 Å². The van der Waals surface area contributed by atoms with E-state index >= 15 is 0 Å². The molecule has 1 unspecified atom stereocenters. The van der Waals surface area contributed by atoms with Gasteiger partial charge in [0, 0.05) is 12.0 Å². The fourth-order valence-electron chi connectivity index (χ4n) is 4.40. The Morgan fingerprint density at radius 1 is 0.929 bits per heavy atom. The van der Waals surface area contributed by atoms with Gasteiger partial charge in [0.2, 0.25) is 0 Å². The van der Waals surface area contributed by atoms with E-state index in [0.29, 0.717) is 28.2 Å². The summed E-state index contributed by atoms with van der Waals surface area (Å²) in [6, 6.07) is 10.6. The number of hydrogen-bond acceptors (Lipinski definition) is 1. The summed E-state index contributed by atoms with van der Waals surface area (Å²) in [5, 5.41) is 0. The summed E-state index contributed by atoms with van der Waals surface area (Å²) < 4.78 is 58.4. The minimum Gasteiger partial charge on any atom is -0.364 e. The quantitative estimate of drug-likeness (QED) is 0.511. The Kier molecular flexibility index (Phi) is 5.21. The molecule has 2 aliphatic rings. The topological polar surface area (TPSA) is 9.23 Å². The number of halogens is 4. The summed E-state index contributed by atoms with van der Waals surface area (Å²) in [4.78, 5) is 0. The molecule has 28 heavy (non-hydrogen) atoms. The minimum atomic E-state index is -4.37. The highest BCUT2D eigenvalue weighted by Crippen LogP contribution is 2.38. The van der Waals surface area contributed by atoms with Crippen molar-refractivity contribution < 1.29 is 22.3 Å². The van der Waals surface area contributed by atoms with Crippen LogP contribution in [0, 0.1) is 11.7 Å². The number of fused-ring (bicyclic) bond motifs is 1. The van der Waals surface area contributed by atoms with E-state index in [1.165, 1.54) is 12.8 Å². The molecule has 1 fully saturated rings. The molecule has 4 rings (SSSR count). The first-order valence-corrected chi connectivity index (χ1v) is 9.91.